The van der Waals surface area contributed by atoms with Gasteiger partial charge >= 0.3 is 0 Å². The number of furan rings is 1. The average molecular weight is 649 g/mol. The van der Waals surface area contributed by atoms with E-state index >= 15 is 0 Å². The van der Waals surface area contributed by atoms with Crippen molar-refractivity contribution in [3.63, 3.8) is 0 Å². The Morgan fingerprint density at radius 3 is 1.86 bits per heavy atom. The molecule has 0 aliphatic heterocycles. The predicted octanol–water partition coefficient (Wildman–Crippen LogP) is 5.53. The molecule has 1 heterocycles. The van der Waals surface area contributed by atoms with E-state index < -0.39 is 20.0 Å². The molecule has 0 atom stereocenters. The number of hydrogen-bond donors (Lipinski definition) is 0. The van der Waals surface area contributed by atoms with E-state index in [2.05, 4.69) is 29.2 Å². The number of rotatable bonds is 11. The molecule has 4 aromatic rings. The summed E-state index contributed by atoms with van der Waals surface area (Å²) in [5.74, 6) is 0.457. The summed E-state index contributed by atoms with van der Waals surface area (Å²) in [5.41, 5.74) is 0.877. The van der Waals surface area contributed by atoms with Crippen molar-refractivity contribution in [2.75, 3.05) is 17.4 Å². The second-order valence-electron chi connectivity index (χ2n) is 8.19. The number of para-hydroxylation sites is 1. The van der Waals surface area contributed by atoms with Gasteiger partial charge in [-0.05, 0) is 76.7 Å². The highest BCUT2D eigenvalue weighted by atomic mass is 127. The topological polar surface area (TPSA) is 87.9 Å². The Morgan fingerprint density at radius 1 is 0.730 bits per heavy atom. The van der Waals surface area contributed by atoms with Gasteiger partial charge in [0.25, 0.3) is 10.0 Å². The average Bonchev–Trinajstić information content (AvgIpc) is 3.42. The predicted molar refractivity (Wildman–Crippen MR) is 152 cm³/mol. The summed E-state index contributed by atoms with van der Waals surface area (Å²) in [7, 11) is -7.89. The lowest BCUT2D eigenvalue weighted by Crippen LogP contribution is -2.38. The quantitative estimate of drug-likeness (QED) is 0.158. The van der Waals surface area contributed by atoms with Gasteiger partial charge in [0.15, 0.2) is 0 Å². The molecule has 37 heavy (non-hydrogen) atoms. The maximum absolute atomic E-state index is 13.7. The third-order valence-electron chi connectivity index (χ3n) is 5.51. The fourth-order valence-electron chi connectivity index (χ4n) is 3.72. The van der Waals surface area contributed by atoms with E-state index in [0.717, 1.165) is 3.57 Å². The number of benzene rings is 3. The molecule has 7 nitrogen and oxygen atoms in total. The van der Waals surface area contributed by atoms with Crippen LogP contribution in [0.5, 0.6) is 0 Å². The van der Waals surface area contributed by atoms with E-state index in [4.69, 9.17) is 4.42 Å². The number of sulfonamides is 2. The van der Waals surface area contributed by atoms with Crippen LogP contribution < -0.4 is 4.31 Å². The molecule has 0 amide bonds. The van der Waals surface area contributed by atoms with Crippen molar-refractivity contribution in [1.82, 2.24) is 4.31 Å². The summed E-state index contributed by atoms with van der Waals surface area (Å²) < 4.78 is 63.2. The molecule has 0 aliphatic rings. The smallest absolute Gasteiger partial charge is 0.264 e. The van der Waals surface area contributed by atoms with Gasteiger partial charge < -0.3 is 4.42 Å². The highest BCUT2D eigenvalue weighted by Crippen LogP contribution is 2.29. The van der Waals surface area contributed by atoms with E-state index in [9.17, 15) is 16.8 Å². The number of anilines is 1. The van der Waals surface area contributed by atoms with E-state index in [1.807, 2.05) is 12.1 Å². The van der Waals surface area contributed by atoms with Crippen molar-refractivity contribution >= 4 is 48.3 Å². The van der Waals surface area contributed by atoms with Gasteiger partial charge in [-0.1, -0.05) is 55.1 Å². The molecule has 0 N–H and O–H groups in total. The molecular weight excluding hydrogens is 623 g/mol. The molecule has 192 valence electrons. The van der Waals surface area contributed by atoms with Gasteiger partial charge in [0.2, 0.25) is 10.0 Å². The van der Waals surface area contributed by atoms with E-state index in [-0.39, 0.29) is 29.4 Å². The summed E-state index contributed by atoms with van der Waals surface area (Å²) >= 11 is 2.09. The molecule has 0 fully saturated rings. The Bertz CT molecular complexity index is 1560. The molecule has 3 aromatic carbocycles. The Morgan fingerprint density at radius 2 is 1.30 bits per heavy atom. The Labute approximate surface area is 231 Å². The molecule has 10 heteroatoms. The molecule has 0 saturated carbocycles. The first kappa shape index (κ1) is 27.1. The zero-order chi connectivity index (χ0) is 26.5. The van der Waals surface area contributed by atoms with E-state index in [0.29, 0.717) is 17.0 Å². The van der Waals surface area contributed by atoms with Crippen molar-refractivity contribution in [2.45, 2.75) is 16.3 Å². The van der Waals surface area contributed by atoms with Crippen LogP contribution in [0.2, 0.25) is 0 Å². The summed E-state index contributed by atoms with van der Waals surface area (Å²) in [4.78, 5) is 0.257. The Hall–Kier alpha value is -2.93. The minimum Gasteiger partial charge on any atom is -0.468 e. The SMILES string of the molecule is C=C(CN(Cc1ccco1)S(=O)(=O)c1ccccc1)CN(c1ccccc1I)S(=O)(=O)c1ccccc1. The molecule has 0 bridgehead atoms. The maximum Gasteiger partial charge on any atom is 0.264 e. The largest absolute Gasteiger partial charge is 0.468 e. The molecule has 0 radical (unpaired) electrons. The van der Waals surface area contributed by atoms with Gasteiger partial charge in [-0.15, -0.1) is 0 Å². The highest BCUT2D eigenvalue weighted by molar-refractivity contribution is 14.1. The number of hydrogen-bond acceptors (Lipinski definition) is 5. The molecule has 0 saturated heterocycles. The number of nitrogens with zero attached hydrogens (tertiary/aromatic N) is 2. The molecule has 0 unspecified atom stereocenters. The van der Waals surface area contributed by atoms with Crippen LogP contribution in [0, 0.1) is 3.57 Å². The van der Waals surface area contributed by atoms with Crippen LogP contribution in [-0.4, -0.2) is 34.2 Å². The van der Waals surface area contributed by atoms with Crippen LogP contribution in [0.15, 0.2) is 130 Å². The lowest BCUT2D eigenvalue weighted by molar-refractivity contribution is 0.380. The van der Waals surface area contributed by atoms with Gasteiger partial charge in [-0.25, -0.2) is 16.8 Å². The lowest BCUT2D eigenvalue weighted by atomic mass is 10.2. The van der Waals surface area contributed by atoms with Gasteiger partial charge in [-0.2, -0.15) is 4.31 Å². The van der Waals surface area contributed by atoms with Crippen molar-refractivity contribution in [1.29, 1.82) is 0 Å². The fourth-order valence-corrected chi connectivity index (χ4v) is 7.54. The second kappa shape index (κ2) is 11.6. The highest BCUT2D eigenvalue weighted by Gasteiger charge is 2.30. The zero-order valence-corrected chi connectivity index (χ0v) is 23.6. The molecular formula is C27H25IN2O5S2. The third-order valence-corrected chi connectivity index (χ3v) is 10.0. The first-order valence-electron chi connectivity index (χ1n) is 11.3. The van der Waals surface area contributed by atoms with Crippen LogP contribution in [-0.2, 0) is 26.6 Å². The summed E-state index contributed by atoms with van der Waals surface area (Å²) in [6.07, 6.45) is 1.48. The Kier molecular flexibility index (Phi) is 8.53. The fraction of sp³-hybridized carbons (Fsp3) is 0.111. The van der Waals surface area contributed by atoms with Crippen LogP contribution >= 0.6 is 22.6 Å². The first-order valence-corrected chi connectivity index (χ1v) is 15.2. The maximum atomic E-state index is 13.7. The van der Waals surface area contributed by atoms with Crippen molar-refractivity contribution in [2.24, 2.45) is 0 Å². The van der Waals surface area contributed by atoms with Crippen molar-refractivity contribution in [3.05, 3.63) is 125 Å². The van der Waals surface area contributed by atoms with Crippen molar-refractivity contribution in [3.8, 4) is 0 Å². The van der Waals surface area contributed by atoms with Crippen LogP contribution in [0.25, 0.3) is 0 Å². The summed E-state index contributed by atoms with van der Waals surface area (Å²) in [5, 5.41) is 0. The van der Waals surface area contributed by atoms with Crippen LogP contribution in [0.1, 0.15) is 5.76 Å². The van der Waals surface area contributed by atoms with Crippen LogP contribution in [0.3, 0.4) is 0 Å². The summed E-state index contributed by atoms with van der Waals surface area (Å²) in [6, 6.07) is 26.7. The normalized spacial score (nSPS) is 11.9. The van der Waals surface area contributed by atoms with E-state index in [1.54, 1.807) is 60.7 Å². The minimum atomic E-state index is -3.96. The van der Waals surface area contributed by atoms with Crippen molar-refractivity contribution < 1.29 is 21.3 Å². The second-order valence-corrected chi connectivity index (χ2v) is 13.2. The van der Waals surface area contributed by atoms with Gasteiger partial charge in [0, 0.05) is 10.1 Å². The monoisotopic (exact) mass is 648 g/mol. The summed E-state index contributed by atoms with van der Waals surface area (Å²) in [6.45, 7) is 3.83. The van der Waals surface area contributed by atoms with Gasteiger partial charge in [0.05, 0.1) is 34.8 Å². The van der Waals surface area contributed by atoms with E-state index in [1.165, 1.54) is 39.1 Å². The van der Waals surface area contributed by atoms with Gasteiger partial charge in [-0.3, -0.25) is 4.31 Å². The lowest BCUT2D eigenvalue weighted by Gasteiger charge is -2.28. The first-order chi connectivity index (χ1) is 17.7. The minimum absolute atomic E-state index is 0.0302. The van der Waals surface area contributed by atoms with Gasteiger partial charge in [0.1, 0.15) is 5.76 Å². The molecule has 1 aromatic heterocycles. The number of halogens is 1. The Balaban J connectivity index is 1.68. The zero-order valence-electron chi connectivity index (χ0n) is 19.8. The molecule has 0 aliphatic carbocycles. The molecule has 4 rings (SSSR count). The van der Waals surface area contributed by atoms with Crippen LogP contribution in [0.4, 0.5) is 5.69 Å². The standard InChI is InChI=1S/C27H25IN2O5S2/c1-22(19-29(21-23-11-10-18-35-23)36(31,32)24-12-4-2-5-13-24)20-30(27-17-9-8-16-26(27)28)37(33,34)25-14-6-3-7-15-25/h2-18H,1,19-21H2. The molecule has 0 spiro atoms. The third kappa shape index (κ3) is 6.32.